The first-order valence-corrected chi connectivity index (χ1v) is 9.99. The van der Waals surface area contributed by atoms with Crippen LogP contribution >= 0.6 is 11.3 Å². The molecule has 0 aliphatic carbocycles. The van der Waals surface area contributed by atoms with Crippen molar-refractivity contribution in [3.63, 3.8) is 0 Å². The van der Waals surface area contributed by atoms with Crippen molar-refractivity contribution in [3.8, 4) is 0 Å². The maximum Gasteiger partial charge on any atom is 0.350 e. The molecule has 0 bridgehead atoms. The third-order valence-electron chi connectivity index (χ3n) is 4.50. The maximum atomic E-state index is 13.2. The number of hydrogen-bond acceptors (Lipinski definition) is 6. The third-order valence-corrected chi connectivity index (χ3v) is 5.66. The molecule has 0 N–H and O–H groups in total. The highest BCUT2D eigenvalue weighted by molar-refractivity contribution is 7.17. The molecule has 7 heteroatoms. The van der Waals surface area contributed by atoms with E-state index >= 15 is 0 Å². The van der Waals surface area contributed by atoms with Gasteiger partial charge in [0, 0.05) is 19.1 Å². The van der Waals surface area contributed by atoms with Crippen LogP contribution in [0.25, 0.3) is 0 Å². The maximum absolute atomic E-state index is 13.2. The Morgan fingerprint density at radius 2 is 1.96 bits per heavy atom. The smallest absolute Gasteiger partial charge is 0.350 e. The van der Waals surface area contributed by atoms with E-state index in [1.165, 1.54) is 11.3 Å². The standard InChI is InChI=1S/C20H24N2O4S/c1-3-26-19(24)17-14(2)21-20(27-17)22(13-15-7-5-4-6-8-15)18(23)16-9-11-25-12-10-16/h4-8,16H,3,9-13H2,1-2H3. The average Bonchev–Trinajstić information content (AvgIpc) is 3.09. The van der Waals surface area contributed by atoms with Gasteiger partial charge in [0.05, 0.1) is 18.8 Å². The second kappa shape index (κ2) is 9.10. The second-order valence-corrected chi connectivity index (χ2v) is 7.41. The Morgan fingerprint density at radius 3 is 2.63 bits per heavy atom. The van der Waals surface area contributed by atoms with E-state index in [0.29, 0.717) is 54.9 Å². The molecule has 0 spiro atoms. The Hall–Kier alpha value is -2.25. The van der Waals surface area contributed by atoms with Gasteiger partial charge in [-0.15, -0.1) is 0 Å². The quantitative estimate of drug-likeness (QED) is 0.708. The lowest BCUT2D eigenvalue weighted by atomic mass is 9.98. The van der Waals surface area contributed by atoms with Gasteiger partial charge in [0.2, 0.25) is 5.91 Å². The summed E-state index contributed by atoms with van der Waals surface area (Å²) in [6.07, 6.45) is 1.42. The second-order valence-electron chi connectivity index (χ2n) is 6.43. The van der Waals surface area contributed by atoms with Crippen molar-refractivity contribution < 1.29 is 19.1 Å². The molecule has 1 aliphatic heterocycles. The number of carbonyl (C=O) groups excluding carboxylic acids is 2. The Labute approximate surface area is 163 Å². The molecule has 2 aromatic rings. The fourth-order valence-electron chi connectivity index (χ4n) is 3.05. The van der Waals surface area contributed by atoms with E-state index in [1.807, 2.05) is 30.3 Å². The van der Waals surface area contributed by atoms with Crippen LogP contribution in [0.5, 0.6) is 0 Å². The van der Waals surface area contributed by atoms with Gasteiger partial charge in [-0.25, -0.2) is 9.78 Å². The Bertz CT molecular complexity index is 785. The van der Waals surface area contributed by atoms with Crippen molar-refractivity contribution >= 4 is 28.3 Å². The Balaban J connectivity index is 1.90. The zero-order valence-electron chi connectivity index (χ0n) is 15.6. The molecule has 1 aromatic carbocycles. The zero-order valence-corrected chi connectivity index (χ0v) is 16.5. The zero-order chi connectivity index (χ0) is 19.2. The highest BCUT2D eigenvalue weighted by Crippen LogP contribution is 2.30. The number of benzene rings is 1. The van der Waals surface area contributed by atoms with Crippen molar-refractivity contribution in [3.05, 3.63) is 46.5 Å². The molecule has 6 nitrogen and oxygen atoms in total. The summed E-state index contributed by atoms with van der Waals surface area (Å²) in [5, 5.41) is 0.538. The number of aromatic nitrogens is 1. The summed E-state index contributed by atoms with van der Waals surface area (Å²) in [7, 11) is 0. The molecule has 2 heterocycles. The van der Waals surface area contributed by atoms with Gasteiger partial charge in [0.1, 0.15) is 4.88 Å². The summed E-state index contributed by atoms with van der Waals surface area (Å²) < 4.78 is 10.5. The average molecular weight is 388 g/mol. The van der Waals surface area contributed by atoms with E-state index < -0.39 is 5.97 Å². The number of amides is 1. The molecular formula is C20H24N2O4S. The fraction of sp³-hybridized carbons (Fsp3) is 0.450. The molecule has 1 saturated heterocycles. The predicted octanol–water partition coefficient (Wildman–Crippen LogP) is 3.59. The molecule has 1 aliphatic rings. The highest BCUT2D eigenvalue weighted by Gasteiger charge is 2.30. The lowest BCUT2D eigenvalue weighted by molar-refractivity contribution is -0.125. The summed E-state index contributed by atoms with van der Waals surface area (Å²) >= 11 is 1.22. The molecule has 0 unspecified atom stereocenters. The monoisotopic (exact) mass is 388 g/mol. The van der Waals surface area contributed by atoms with Gasteiger partial charge in [-0.1, -0.05) is 41.7 Å². The van der Waals surface area contributed by atoms with Gasteiger partial charge in [-0.05, 0) is 32.3 Å². The molecule has 1 amide bonds. The van der Waals surface area contributed by atoms with E-state index in [0.717, 1.165) is 5.56 Å². The minimum absolute atomic E-state index is 0.0336. The predicted molar refractivity (Wildman–Crippen MR) is 104 cm³/mol. The highest BCUT2D eigenvalue weighted by atomic mass is 32.1. The van der Waals surface area contributed by atoms with Crippen molar-refractivity contribution in [2.75, 3.05) is 24.7 Å². The van der Waals surface area contributed by atoms with E-state index in [2.05, 4.69) is 4.98 Å². The molecule has 0 saturated carbocycles. The molecule has 0 atom stereocenters. The minimum Gasteiger partial charge on any atom is -0.462 e. The molecule has 144 valence electrons. The number of anilines is 1. The topological polar surface area (TPSA) is 68.7 Å². The van der Waals surface area contributed by atoms with Crippen LogP contribution in [0.15, 0.2) is 30.3 Å². The fourth-order valence-corrected chi connectivity index (χ4v) is 4.02. The van der Waals surface area contributed by atoms with Crippen LogP contribution in [-0.2, 0) is 20.8 Å². The van der Waals surface area contributed by atoms with Gasteiger partial charge in [-0.3, -0.25) is 9.69 Å². The number of hydrogen-bond donors (Lipinski definition) is 0. The number of carbonyl (C=O) groups is 2. The summed E-state index contributed by atoms with van der Waals surface area (Å²) in [5.74, 6) is -0.444. The van der Waals surface area contributed by atoms with Crippen molar-refractivity contribution in [1.29, 1.82) is 0 Å². The molecular weight excluding hydrogens is 364 g/mol. The number of aryl methyl sites for hydroxylation is 1. The first-order chi connectivity index (χ1) is 13.1. The molecule has 27 heavy (non-hydrogen) atoms. The third kappa shape index (κ3) is 4.73. The van der Waals surface area contributed by atoms with Crippen LogP contribution in [0.2, 0.25) is 0 Å². The van der Waals surface area contributed by atoms with Crippen LogP contribution in [0, 0.1) is 12.8 Å². The summed E-state index contributed by atoms with van der Waals surface area (Å²) in [5.41, 5.74) is 1.61. The minimum atomic E-state index is -0.392. The van der Waals surface area contributed by atoms with Crippen LogP contribution in [0.1, 0.15) is 40.7 Å². The Kier molecular flexibility index (Phi) is 6.58. The lowest BCUT2D eigenvalue weighted by Crippen LogP contribution is -2.38. The number of thiazole rings is 1. The van der Waals surface area contributed by atoms with Gasteiger partial charge >= 0.3 is 5.97 Å². The SMILES string of the molecule is CCOC(=O)c1sc(N(Cc2ccccc2)C(=O)C2CCOCC2)nc1C. The largest absolute Gasteiger partial charge is 0.462 e. The summed E-state index contributed by atoms with van der Waals surface area (Å²) in [6.45, 7) is 5.46. The first kappa shape index (κ1) is 19.5. The summed E-state index contributed by atoms with van der Waals surface area (Å²) in [4.78, 5) is 32.1. The first-order valence-electron chi connectivity index (χ1n) is 9.17. The van der Waals surface area contributed by atoms with E-state index in [1.54, 1.807) is 18.7 Å². The number of esters is 1. The molecule has 0 radical (unpaired) electrons. The molecule has 1 aromatic heterocycles. The van der Waals surface area contributed by atoms with Crippen LogP contribution in [0.3, 0.4) is 0 Å². The van der Waals surface area contributed by atoms with Gasteiger partial charge in [-0.2, -0.15) is 0 Å². The van der Waals surface area contributed by atoms with Crippen molar-refractivity contribution in [2.24, 2.45) is 5.92 Å². The van der Waals surface area contributed by atoms with Crippen LogP contribution in [-0.4, -0.2) is 36.7 Å². The van der Waals surface area contributed by atoms with Gasteiger partial charge in [0.15, 0.2) is 5.13 Å². The number of nitrogens with zero attached hydrogens (tertiary/aromatic N) is 2. The van der Waals surface area contributed by atoms with Crippen molar-refractivity contribution in [1.82, 2.24) is 4.98 Å². The van der Waals surface area contributed by atoms with Crippen molar-refractivity contribution in [2.45, 2.75) is 33.2 Å². The van der Waals surface area contributed by atoms with Crippen LogP contribution < -0.4 is 4.90 Å². The molecule has 3 rings (SSSR count). The van der Waals surface area contributed by atoms with E-state index in [-0.39, 0.29) is 11.8 Å². The normalized spacial score (nSPS) is 14.7. The Morgan fingerprint density at radius 1 is 1.26 bits per heavy atom. The van der Waals surface area contributed by atoms with Gasteiger partial charge < -0.3 is 9.47 Å². The number of ether oxygens (including phenoxy) is 2. The number of rotatable bonds is 6. The van der Waals surface area contributed by atoms with Gasteiger partial charge in [0.25, 0.3) is 0 Å². The van der Waals surface area contributed by atoms with E-state index in [4.69, 9.17) is 9.47 Å². The lowest BCUT2D eigenvalue weighted by Gasteiger charge is -2.27. The van der Waals surface area contributed by atoms with E-state index in [9.17, 15) is 9.59 Å². The summed E-state index contributed by atoms with van der Waals surface area (Å²) in [6, 6.07) is 9.81. The van der Waals surface area contributed by atoms with Crippen LogP contribution in [0.4, 0.5) is 5.13 Å². The molecule has 1 fully saturated rings.